The first-order valence-corrected chi connectivity index (χ1v) is 8.16. The number of amides is 1. The predicted octanol–water partition coefficient (Wildman–Crippen LogP) is 3.52. The molecule has 2 rings (SSSR count). The predicted molar refractivity (Wildman–Crippen MR) is 104 cm³/mol. The second-order valence-corrected chi connectivity index (χ2v) is 5.47. The Morgan fingerprint density at radius 3 is 2.77 bits per heavy atom. The van der Waals surface area contributed by atoms with E-state index in [-0.39, 0.29) is 10.8 Å². The highest BCUT2D eigenvalue weighted by atomic mass is 32.1. The molecule has 0 bridgehead atoms. The van der Waals surface area contributed by atoms with Crippen molar-refractivity contribution in [2.24, 2.45) is 0 Å². The van der Waals surface area contributed by atoms with Gasteiger partial charge in [-0.05, 0) is 42.9 Å². The van der Waals surface area contributed by atoms with Gasteiger partial charge in [-0.2, -0.15) is 0 Å². The number of para-hydroxylation sites is 2. The number of benzene rings is 2. The number of nitro groups is 1. The molecule has 0 aliphatic carbocycles. The maximum absolute atomic E-state index is 12.0. The Hall–Kier alpha value is -3.26. The number of hydrogen-bond acceptors (Lipinski definition) is 5. The Morgan fingerprint density at radius 1 is 1.27 bits per heavy atom. The van der Waals surface area contributed by atoms with Crippen LogP contribution in [0.2, 0.25) is 0 Å². The first-order chi connectivity index (χ1) is 12.5. The van der Waals surface area contributed by atoms with Gasteiger partial charge in [-0.1, -0.05) is 24.3 Å². The van der Waals surface area contributed by atoms with Crippen molar-refractivity contribution in [3.05, 3.63) is 70.3 Å². The average Bonchev–Trinajstić information content (AvgIpc) is 2.62. The van der Waals surface area contributed by atoms with Crippen LogP contribution in [0.4, 0.5) is 11.4 Å². The van der Waals surface area contributed by atoms with E-state index in [1.54, 1.807) is 24.3 Å². The van der Waals surface area contributed by atoms with Gasteiger partial charge in [0.2, 0.25) is 5.91 Å². The Labute approximate surface area is 155 Å². The maximum Gasteiger partial charge on any atom is 0.270 e. The molecule has 0 aliphatic heterocycles. The van der Waals surface area contributed by atoms with E-state index in [0.29, 0.717) is 23.6 Å². The molecular weight excluding hydrogens is 354 g/mol. The van der Waals surface area contributed by atoms with Crippen LogP contribution in [0.25, 0.3) is 6.08 Å². The number of nitro benzene ring substituents is 1. The minimum absolute atomic E-state index is 0.0442. The van der Waals surface area contributed by atoms with Crippen LogP contribution in [0.15, 0.2) is 54.6 Å². The van der Waals surface area contributed by atoms with E-state index in [1.165, 1.54) is 24.3 Å². The van der Waals surface area contributed by atoms with Gasteiger partial charge in [-0.25, -0.2) is 0 Å². The molecule has 26 heavy (non-hydrogen) atoms. The summed E-state index contributed by atoms with van der Waals surface area (Å²) in [5, 5.41) is 16.3. The van der Waals surface area contributed by atoms with Gasteiger partial charge in [0.05, 0.1) is 17.2 Å². The Morgan fingerprint density at radius 2 is 2.04 bits per heavy atom. The lowest BCUT2D eigenvalue weighted by Crippen LogP contribution is -2.32. The zero-order valence-electron chi connectivity index (χ0n) is 14.0. The van der Waals surface area contributed by atoms with Crippen molar-refractivity contribution < 1.29 is 14.5 Å². The van der Waals surface area contributed by atoms with Crippen molar-refractivity contribution in [2.75, 3.05) is 11.9 Å². The van der Waals surface area contributed by atoms with Gasteiger partial charge in [-0.3, -0.25) is 20.2 Å². The molecule has 2 N–H and O–H groups in total. The molecule has 0 heterocycles. The number of non-ortho nitro benzene ring substituents is 1. The summed E-state index contributed by atoms with van der Waals surface area (Å²) in [4.78, 5) is 22.2. The molecule has 0 saturated carbocycles. The Bertz CT molecular complexity index is 852. The lowest BCUT2D eigenvalue weighted by molar-refractivity contribution is -0.384. The van der Waals surface area contributed by atoms with Gasteiger partial charge in [0.25, 0.3) is 5.69 Å². The normalized spacial score (nSPS) is 10.3. The Balaban J connectivity index is 1.96. The van der Waals surface area contributed by atoms with E-state index in [9.17, 15) is 14.9 Å². The number of ether oxygens (including phenoxy) is 1. The monoisotopic (exact) mass is 371 g/mol. The van der Waals surface area contributed by atoms with Gasteiger partial charge in [0.15, 0.2) is 5.11 Å². The van der Waals surface area contributed by atoms with Crippen LogP contribution < -0.4 is 15.4 Å². The first kappa shape index (κ1) is 19.1. The zero-order valence-corrected chi connectivity index (χ0v) is 14.8. The number of hydrogen-bond donors (Lipinski definition) is 2. The van der Waals surface area contributed by atoms with E-state index in [0.717, 1.165) is 0 Å². The quantitative estimate of drug-likeness (QED) is 0.349. The molecule has 0 unspecified atom stereocenters. The molecule has 1 amide bonds. The van der Waals surface area contributed by atoms with Crippen LogP contribution in [0.5, 0.6) is 5.75 Å². The SMILES string of the molecule is CCOc1ccccc1NC(=S)NC(=O)/C=C/c1cccc([N+](=O)[O-])c1. The molecule has 2 aromatic rings. The second kappa shape index (κ2) is 9.28. The molecule has 0 saturated heterocycles. The third kappa shape index (κ3) is 5.67. The maximum atomic E-state index is 12.0. The topological polar surface area (TPSA) is 93.5 Å². The molecule has 7 nitrogen and oxygen atoms in total. The van der Waals surface area contributed by atoms with Crippen LogP contribution >= 0.6 is 12.2 Å². The molecule has 0 spiro atoms. The van der Waals surface area contributed by atoms with Gasteiger partial charge in [0.1, 0.15) is 5.75 Å². The van der Waals surface area contributed by atoms with Gasteiger partial charge < -0.3 is 10.1 Å². The van der Waals surface area contributed by atoms with Gasteiger partial charge in [-0.15, -0.1) is 0 Å². The van der Waals surface area contributed by atoms with E-state index in [4.69, 9.17) is 17.0 Å². The number of rotatable bonds is 6. The van der Waals surface area contributed by atoms with Crippen LogP contribution in [-0.2, 0) is 4.79 Å². The highest BCUT2D eigenvalue weighted by molar-refractivity contribution is 7.80. The van der Waals surface area contributed by atoms with E-state index >= 15 is 0 Å². The number of carbonyl (C=O) groups excluding carboxylic acids is 1. The van der Waals surface area contributed by atoms with Gasteiger partial charge in [0, 0.05) is 18.2 Å². The summed E-state index contributed by atoms with van der Waals surface area (Å²) >= 11 is 5.12. The average molecular weight is 371 g/mol. The summed E-state index contributed by atoms with van der Waals surface area (Å²) in [6, 6.07) is 13.2. The lowest BCUT2D eigenvalue weighted by atomic mass is 10.2. The van der Waals surface area contributed by atoms with Crippen LogP contribution in [0.3, 0.4) is 0 Å². The summed E-state index contributed by atoms with van der Waals surface area (Å²) in [6.07, 6.45) is 2.72. The van der Waals surface area contributed by atoms with Crippen molar-refractivity contribution >= 4 is 40.7 Å². The largest absolute Gasteiger partial charge is 0.492 e. The summed E-state index contributed by atoms with van der Waals surface area (Å²) in [5.74, 6) is 0.168. The van der Waals surface area contributed by atoms with E-state index in [1.807, 2.05) is 19.1 Å². The molecule has 0 aromatic heterocycles. The minimum Gasteiger partial charge on any atom is -0.492 e. The molecule has 8 heteroatoms. The summed E-state index contributed by atoms with van der Waals surface area (Å²) in [5.41, 5.74) is 1.13. The molecule has 0 aliphatic rings. The third-order valence-corrected chi connectivity index (χ3v) is 3.38. The fraction of sp³-hybridized carbons (Fsp3) is 0.111. The van der Waals surface area contributed by atoms with Crippen molar-refractivity contribution in [3.63, 3.8) is 0 Å². The van der Waals surface area contributed by atoms with Crippen molar-refractivity contribution in [1.29, 1.82) is 0 Å². The number of nitrogens with one attached hydrogen (secondary N) is 2. The number of nitrogens with zero attached hydrogens (tertiary/aromatic N) is 1. The van der Waals surface area contributed by atoms with Gasteiger partial charge >= 0.3 is 0 Å². The molecule has 0 radical (unpaired) electrons. The minimum atomic E-state index is -0.494. The molecule has 0 atom stereocenters. The van der Waals surface area contributed by atoms with Crippen LogP contribution in [-0.4, -0.2) is 22.5 Å². The molecular formula is C18H17N3O4S. The fourth-order valence-corrected chi connectivity index (χ4v) is 2.28. The first-order valence-electron chi connectivity index (χ1n) is 7.76. The highest BCUT2D eigenvalue weighted by Gasteiger charge is 2.07. The molecule has 2 aromatic carbocycles. The summed E-state index contributed by atoms with van der Waals surface area (Å²) in [6.45, 7) is 2.37. The zero-order chi connectivity index (χ0) is 18.9. The van der Waals surface area contributed by atoms with Crippen molar-refractivity contribution in [3.8, 4) is 5.75 Å². The van der Waals surface area contributed by atoms with Crippen molar-refractivity contribution in [2.45, 2.75) is 6.92 Å². The standard InChI is InChI=1S/C18H17N3O4S/c1-2-25-16-9-4-3-8-15(16)19-18(26)20-17(22)11-10-13-6-5-7-14(12-13)21(23)24/h3-12H,2H2,1H3,(H2,19,20,22,26)/b11-10+. The molecule has 0 fully saturated rings. The second-order valence-electron chi connectivity index (χ2n) is 5.06. The third-order valence-electron chi connectivity index (χ3n) is 3.18. The van der Waals surface area contributed by atoms with Crippen LogP contribution in [0.1, 0.15) is 12.5 Å². The Kier molecular flexibility index (Phi) is 6.81. The van der Waals surface area contributed by atoms with E-state index < -0.39 is 10.8 Å². The lowest BCUT2D eigenvalue weighted by Gasteiger charge is -2.12. The smallest absolute Gasteiger partial charge is 0.270 e. The van der Waals surface area contributed by atoms with Crippen LogP contribution in [0, 0.1) is 10.1 Å². The number of anilines is 1. The summed E-state index contributed by atoms with van der Waals surface area (Å²) in [7, 11) is 0. The number of carbonyl (C=O) groups is 1. The number of thiocarbonyl (C=S) groups is 1. The molecule has 134 valence electrons. The van der Waals surface area contributed by atoms with E-state index in [2.05, 4.69) is 10.6 Å². The summed E-state index contributed by atoms with van der Waals surface area (Å²) < 4.78 is 5.47. The van der Waals surface area contributed by atoms with Crippen molar-refractivity contribution in [1.82, 2.24) is 5.32 Å². The highest BCUT2D eigenvalue weighted by Crippen LogP contribution is 2.23. The fourth-order valence-electron chi connectivity index (χ4n) is 2.07.